The Balaban J connectivity index is 1.80. The molecule has 1 aromatic heterocycles. The van der Waals surface area contributed by atoms with Crippen LogP contribution >= 0.6 is 0 Å². The molecule has 38 heavy (non-hydrogen) atoms. The van der Waals surface area contributed by atoms with E-state index in [9.17, 15) is 23.1 Å². The maximum absolute atomic E-state index is 12.6. The van der Waals surface area contributed by atoms with Gasteiger partial charge in [0.1, 0.15) is 11.5 Å². The van der Waals surface area contributed by atoms with Gasteiger partial charge in [0.25, 0.3) is 0 Å². The fourth-order valence-electron chi connectivity index (χ4n) is 5.53. The first kappa shape index (κ1) is 27.6. The van der Waals surface area contributed by atoms with Crippen molar-refractivity contribution in [2.24, 2.45) is 17.8 Å². The summed E-state index contributed by atoms with van der Waals surface area (Å²) in [5.74, 6) is 1.35. The van der Waals surface area contributed by atoms with Gasteiger partial charge in [-0.1, -0.05) is 27.2 Å². The number of carboxylic acids is 1. The van der Waals surface area contributed by atoms with E-state index in [0.29, 0.717) is 47.1 Å². The Hall–Kier alpha value is -3.43. The Morgan fingerprint density at radius 3 is 2.53 bits per heavy atom. The van der Waals surface area contributed by atoms with Crippen molar-refractivity contribution < 1.29 is 32.5 Å². The monoisotopic (exact) mass is 533 g/mol. The molecule has 2 N–H and O–H groups in total. The van der Waals surface area contributed by atoms with E-state index in [1.807, 2.05) is 12.1 Å². The van der Waals surface area contributed by atoms with Crippen molar-refractivity contribution in [3.63, 3.8) is 0 Å². The fourth-order valence-corrected chi connectivity index (χ4v) is 5.53. The van der Waals surface area contributed by atoms with E-state index in [1.54, 1.807) is 7.11 Å². The molecule has 2 unspecified atom stereocenters. The molecule has 0 spiro atoms. The topological polar surface area (TPSA) is 85.6 Å². The van der Waals surface area contributed by atoms with Crippen LogP contribution in [0.5, 0.6) is 11.5 Å². The number of imidazole rings is 1. The molecule has 1 aliphatic rings. The summed E-state index contributed by atoms with van der Waals surface area (Å²) < 4.78 is 49.6. The van der Waals surface area contributed by atoms with Crippen molar-refractivity contribution in [1.82, 2.24) is 9.55 Å². The summed E-state index contributed by atoms with van der Waals surface area (Å²) in [5.41, 5.74) is 2.89. The van der Waals surface area contributed by atoms with Gasteiger partial charge in [-0.2, -0.15) is 0 Å². The number of fused-ring (bicyclic) bond motifs is 1. The number of rotatable bonds is 9. The van der Waals surface area contributed by atoms with Crippen LogP contribution < -0.4 is 14.8 Å². The summed E-state index contributed by atoms with van der Waals surface area (Å²) in [6.45, 7) is 6.70. The van der Waals surface area contributed by atoms with Gasteiger partial charge in [0.05, 0.1) is 18.1 Å². The Bertz CT molecular complexity index is 1270. The summed E-state index contributed by atoms with van der Waals surface area (Å²) in [5, 5.41) is 12.5. The van der Waals surface area contributed by atoms with Gasteiger partial charge in [0.15, 0.2) is 0 Å². The number of benzene rings is 2. The van der Waals surface area contributed by atoms with Gasteiger partial charge in [0.2, 0.25) is 5.95 Å². The second-order valence-corrected chi connectivity index (χ2v) is 10.4. The molecule has 1 saturated carbocycles. The van der Waals surface area contributed by atoms with Crippen molar-refractivity contribution >= 4 is 28.6 Å². The van der Waals surface area contributed by atoms with Crippen LogP contribution in [0, 0.1) is 17.8 Å². The number of nitrogens with one attached hydrogen (secondary N) is 1. The molecule has 10 heteroatoms. The Morgan fingerprint density at radius 1 is 1.21 bits per heavy atom. The maximum atomic E-state index is 12.6. The number of nitrogens with zero attached hydrogens (tertiary/aromatic N) is 2. The van der Waals surface area contributed by atoms with Crippen LogP contribution in [0.15, 0.2) is 36.4 Å². The van der Waals surface area contributed by atoms with Crippen molar-refractivity contribution in [3.05, 3.63) is 42.0 Å². The smallest absolute Gasteiger partial charge is 0.496 e. The van der Waals surface area contributed by atoms with E-state index in [0.717, 1.165) is 30.3 Å². The predicted octanol–water partition coefficient (Wildman–Crippen LogP) is 7.34. The number of methoxy groups -OCH3 is 1. The quantitative estimate of drug-likeness (QED) is 0.299. The number of carbonyl (C=O) groups is 1. The molecule has 0 aliphatic heterocycles. The van der Waals surface area contributed by atoms with E-state index in [2.05, 4.69) is 35.4 Å². The molecule has 2 aromatic carbocycles. The number of hydrogen-bond donors (Lipinski definition) is 2. The molecule has 4 rings (SSSR count). The molecule has 3 atom stereocenters. The number of aryl methyl sites for hydroxylation is 1. The van der Waals surface area contributed by atoms with Gasteiger partial charge in [-0.05, 0) is 72.9 Å². The second kappa shape index (κ2) is 11.1. The van der Waals surface area contributed by atoms with Crippen LogP contribution in [0.2, 0.25) is 0 Å². The van der Waals surface area contributed by atoms with Gasteiger partial charge in [0, 0.05) is 24.2 Å². The molecule has 1 aliphatic carbocycles. The highest BCUT2D eigenvalue weighted by Crippen LogP contribution is 2.45. The number of hydrogen-bond acceptors (Lipinski definition) is 5. The molecule has 7 nitrogen and oxygen atoms in total. The summed E-state index contributed by atoms with van der Waals surface area (Å²) >= 11 is 0. The molecule has 0 radical (unpaired) electrons. The van der Waals surface area contributed by atoms with Crippen LogP contribution in [0.4, 0.5) is 24.8 Å². The highest BCUT2D eigenvalue weighted by atomic mass is 19.4. The first-order valence-electron chi connectivity index (χ1n) is 12.9. The summed E-state index contributed by atoms with van der Waals surface area (Å²) in [6, 6.07) is 9.50. The molecule has 3 aromatic rings. The maximum Gasteiger partial charge on any atom is 0.573 e. The molecule has 206 valence electrons. The van der Waals surface area contributed by atoms with Gasteiger partial charge in [-0.15, -0.1) is 13.2 Å². The third kappa shape index (κ3) is 6.34. The number of carboxylic acid groups (broad SMARTS) is 1. The lowest BCUT2D eigenvalue weighted by Gasteiger charge is -2.39. The normalized spacial score (nSPS) is 20.1. The SMILES string of the molecule is COc1cc2c(cc1CCC(=O)O)nc(Nc1ccc(OC(F)(F)F)cc1)n2C1CC(C)CC[C@H]1C(C)C. The highest BCUT2D eigenvalue weighted by molar-refractivity contribution is 5.83. The highest BCUT2D eigenvalue weighted by Gasteiger charge is 2.35. The predicted molar refractivity (Wildman–Crippen MR) is 139 cm³/mol. The summed E-state index contributed by atoms with van der Waals surface area (Å²) in [6.07, 6.45) is -1.29. The van der Waals surface area contributed by atoms with Gasteiger partial charge < -0.3 is 24.5 Å². The van der Waals surface area contributed by atoms with E-state index < -0.39 is 12.3 Å². The van der Waals surface area contributed by atoms with Crippen molar-refractivity contribution in [2.45, 2.75) is 65.3 Å². The molecule has 1 heterocycles. The number of aromatic nitrogens is 2. The van der Waals surface area contributed by atoms with Crippen molar-refractivity contribution in [3.8, 4) is 11.5 Å². The zero-order valence-corrected chi connectivity index (χ0v) is 22.0. The van der Waals surface area contributed by atoms with Crippen LogP contribution in [0.3, 0.4) is 0 Å². The zero-order valence-electron chi connectivity index (χ0n) is 22.0. The Labute approximate surface area is 220 Å². The average Bonchev–Trinajstić information content (AvgIpc) is 3.18. The van der Waals surface area contributed by atoms with Crippen molar-refractivity contribution in [2.75, 3.05) is 12.4 Å². The van der Waals surface area contributed by atoms with E-state index in [-0.39, 0.29) is 18.2 Å². The largest absolute Gasteiger partial charge is 0.573 e. The van der Waals surface area contributed by atoms with Crippen LogP contribution in [0.1, 0.15) is 58.1 Å². The number of anilines is 2. The molecular formula is C28H34F3N3O4. The first-order valence-corrected chi connectivity index (χ1v) is 12.9. The molecule has 0 amide bonds. The van der Waals surface area contributed by atoms with Crippen LogP contribution in [-0.4, -0.2) is 34.1 Å². The third-order valence-electron chi connectivity index (χ3n) is 7.36. The number of aliphatic carboxylic acids is 1. The van der Waals surface area contributed by atoms with Crippen LogP contribution in [-0.2, 0) is 11.2 Å². The van der Waals surface area contributed by atoms with Gasteiger partial charge in [-0.25, -0.2) is 4.98 Å². The zero-order chi connectivity index (χ0) is 27.6. The van der Waals surface area contributed by atoms with Gasteiger partial charge in [-0.3, -0.25) is 4.79 Å². The van der Waals surface area contributed by atoms with E-state index in [4.69, 9.17) is 9.72 Å². The molecular weight excluding hydrogens is 499 g/mol. The number of halogens is 3. The minimum Gasteiger partial charge on any atom is -0.496 e. The van der Waals surface area contributed by atoms with Crippen molar-refractivity contribution in [1.29, 1.82) is 0 Å². The van der Waals surface area contributed by atoms with Crippen LogP contribution in [0.25, 0.3) is 11.0 Å². The molecule has 0 bridgehead atoms. The average molecular weight is 534 g/mol. The van der Waals surface area contributed by atoms with Gasteiger partial charge >= 0.3 is 12.3 Å². The summed E-state index contributed by atoms with van der Waals surface area (Å²) in [4.78, 5) is 16.1. The lowest BCUT2D eigenvalue weighted by Crippen LogP contribution is -2.30. The number of ether oxygens (including phenoxy) is 2. The molecule has 1 fully saturated rings. The minimum absolute atomic E-state index is 0.0322. The number of alkyl halides is 3. The Kier molecular flexibility index (Phi) is 8.08. The fraction of sp³-hybridized carbons (Fsp3) is 0.500. The minimum atomic E-state index is -4.76. The first-order chi connectivity index (χ1) is 17.9. The van der Waals surface area contributed by atoms with E-state index in [1.165, 1.54) is 24.3 Å². The summed E-state index contributed by atoms with van der Waals surface area (Å²) in [7, 11) is 1.56. The standard InChI is InChI=1S/C28H34F3N3O4/c1-16(2)21-11-5-17(3)13-23(21)34-24-15-25(37-4)18(6-12-26(35)36)14-22(24)33-27(34)32-19-7-9-20(10-8-19)38-28(29,30)31/h7-10,14-17,21,23H,5-6,11-13H2,1-4H3,(H,32,33)(H,35,36)/t17?,21-,23?/m0/s1. The van der Waals surface area contributed by atoms with E-state index >= 15 is 0 Å². The third-order valence-corrected chi connectivity index (χ3v) is 7.36. The second-order valence-electron chi connectivity index (χ2n) is 10.4. The molecule has 0 saturated heterocycles. The Morgan fingerprint density at radius 2 is 1.92 bits per heavy atom. The lowest BCUT2D eigenvalue weighted by atomic mass is 9.74. The lowest BCUT2D eigenvalue weighted by molar-refractivity contribution is -0.274.